The predicted octanol–water partition coefficient (Wildman–Crippen LogP) is 0.695. The number of aromatic nitrogens is 6. The second kappa shape index (κ2) is 11.0. The molecule has 5 rings (SSSR count). The van der Waals surface area contributed by atoms with Crippen molar-refractivity contribution < 1.29 is 22.8 Å². The van der Waals surface area contributed by atoms with E-state index in [0.29, 0.717) is 78.7 Å². The number of sulfonamides is 1. The van der Waals surface area contributed by atoms with E-state index >= 15 is 0 Å². The van der Waals surface area contributed by atoms with Crippen molar-refractivity contribution in [2.75, 3.05) is 54.1 Å². The maximum atomic E-state index is 12.0. The van der Waals surface area contributed by atoms with Crippen molar-refractivity contribution in [3.05, 3.63) is 48.0 Å². The average Bonchev–Trinajstić information content (AvgIpc) is 3.26. The van der Waals surface area contributed by atoms with E-state index in [1.54, 1.807) is 36.2 Å². The summed E-state index contributed by atoms with van der Waals surface area (Å²) in [6, 6.07) is 6.97. The number of hydrogen-bond donors (Lipinski definition) is 2. The maximum Gasteiger partial charge on any atom is 0.359 e. The largest absolute Gasteiger partial charge is 0.378 e. The van der Waals surface area contributed by atoms with Crippen LogP contribution in [0, 0.1) is 0 Å². The third-order valence-electron chi connectivity index (χ3n) is 6.27. The molecule has 0 bridgehead atoms. The summed E-state index contributed by atoms with van der Waals surface area (Å²) in [5.41, 5.74) is 2.22. The highest BCUT2D eigenvalue weighted by atomic mass is 32.2. The van der Waals surface area contributed by atoms with Crippen LogP contribution in [0.4, 0.5) is 17.5 Å². The van der Waals surface area contributed by atoms with E-state index in [4.69, 9.17) is 25.6 Å². The van der Waals surface area contributed by atoms with Gasteiger partial charge in [-0.3, -0.25) is 4.72 Å². The van der Waals surface area contributed by atoms with Gasteiger partial charge in [-0.25, -0.2) is 38.1 Å². The Labute approximate surface area is 230 Å². The first-order valence-corrected chi connectivity index (χ1v) is 14.1. The molecule has 0 atom stereocenters. The Balaban J connectivity index is 1.57. The molecule has 3 aromatic heterocycles. The smallest absolute Gasteiger partial charge is 0.359 e. The zero-order valence-electron chi connectivity index (χ0n) is 22.1. The summed E-state index contributed by atoms with van der Waals surface area (Å²) in [6.07, 6.45) is 3.76. The van der Waals surface area contributed by atoms with Gasteiger partial charge in [-0.05, 0) is 12.1 Å². The summed E-state index contributed by atoms with van der Waals surface area (Å²) in [6.45, 7) is 2.64. The second-order valence-corrected chi connectivity index (χ2v) is 10.9. The lowest BCUT2D eigenvalue weighted by Crippen LogP contribution is -2.37. The van der Waals surface area contributed by atoms with Crippen LogP contribution in [0.25, 0.3) is 22.6 Å². The zero-order valence-corrected chi connectivity index (χ0v) is 22.9. The minimum Gasteiger partial charge on any atom is -0.378 e. The third kappa shape index (κ3) is 5.63. The van der Waals surface area contributed by atoms with Gasteiger partial charge in [0.25, 0.3) is 0 Å². The summed E-state index contributed by atoms with van der Waals surface area (Å²) in [7, 11) is 0.109. The highest BCUT2D eigenvalue weighted by molar-refractivity contribution is 7.92. The summed E-state index contributed by atoms with van der Waals surface area (Å²) in [5.74, 6) is 6.20. The van der Waals surface area contributed by atoms with Crippen molar-refractivity contribution >= 4 is 44.6 Å². The van der Waals surface area contributed by atoms with Crippen molar-refractivity contribution in [1.82, 2.24) is 29.5 Å². The highest BCUT2D eigenvalue weighted by Crippen LogP contribution is 2.32. The van der Waals surface area contributed by atoms with Crippen molar-refractivity contribution in [2.24, 2.45) is 12.9 Å². The Morgan fingerprint density at radius 1 is 1.15 bits per heavy atom. The molecule has 0 unspecified atom stereocenters. The lowest BCUT2D eigenvalue weighted by Gasteiger charge is -2.28. The molecule has 0 amide bonds. The van der Waals surface area contributed by atoms with Crippen molar-refractivity contribution in [3.63, 3.8) is 0 Å². The number of rotatable bonds is 8. The number of hydrogen-bond acceptors (Lipinski definition) is 13. The minimum absolute atomic E-state index is 0.131. The number of nitrogens with one attached hydrogen (secondary N) is 1. The fourth-order valence-corrected chi connectivity index (χ4v) is 4.87. The van der Waals surface area contributed by atoms with Gasteiger partial charge in [0.1, 0.15) is 5.82 Å². The number of nitrogens with two attached hydrogens (primary N) is 1. The number of aryl methyl sites for hydroxylation is 1. The van der Waals surface area contributed by atoms with Crippen LogP contribution < -0.4 is 20.4 Å². The Kier molecular flexibility index (Phi) is 7.46. The van der Waals surface area contributed by atoms with Gasteiger partial charge in [0, 0.05) is 45.1 Å². The lowest BCUT2D eigenvalue weighted by atomic mass is 10.1. The van der Waals surface area contributed by atoms with Crippen molar-refractivity contribution in [1.29, 1.82) is 0 Å². The molecule has 0 saturated carbocycles. The summed E-state index contributed by atoms with van der Waals surface area (Å²) in [5, 5.41) is 0. The molecule has 1 aliphatic rings. The zero-order chi connectivity index (χ0) is 28.4. The minimum atomic E-state index is -3.53. The number of nitrogens with zero attached hydrogens (tertiary/aromatic N) is 8. The number of ether oxygens (including phenoxy) is 1. The number of imidazole rings is 1. The molecule has 1 aliphatic heterocycles. The Morgan fingerprint density at radius 3 is 2.52 bits per heavy atom. The van der Waals surface area contributed by atoms with E-state index in [9.17, 15) is 13.2 Å². The summed E-state index contributed by atoms with van der Waals surface area (Å²) >= 11 is 0. The van der Waals surface area contributed by atoms with E-state index in [2.05, 4.69) is 24.4 Å². The van der Waals surface area contributed by atoms with Gasteiger partial charge in [-0.1, -0.05) is 12.1 Å². The molecule has 0 aliphatic carbocycles. The molecule has 40 heavy (non-hydrogen) atoms. The maximum absolute atomic E-state index is 12.0. The first-order chi connectivity index (χ1) is 19.1. The van der Waals surface area contributed by atoms with E-state index in [0.717, 1.165) is 6.26 Å². The van der Waals surface area contributed by atoms with E-state index < -0.39 is 16.0 Å². The summed E-state index contributed by atoms with van der Waals surface area (Å²) < 4.78 is 34.0. The molecule has 1 saturated heterocycles. The molecule has 210 valence electrons. The van der Waals surface area contributed by atoms with Crippen molar-refractivity contribution in [3.8, 4) is 11.4 Å². The SMILES string of the molecule is CN(Cc1nc2c(N3CCOCC3)nc(-c3ccccc3NS(C)(=O)=O)nc2n1C)c1ncc(C(=O)ON)cn1. The third-order valence-corrected chi connectivity index (χ3v) is 6.86. The quantitative estimate of drug-likeness (QED) is 0.283. The van der Waals surface area contributed by atoms with Crippen LogP contribution in [0.15, 0.2) is 36.7 Å². The fraction of sp³-hybridized carbons (Fsp3) is 0.333. The number of benzene rings is 1. The number of anilines is 3. The van der Waals surface area contributed by atoms with Gasteiger partial charge < -0.3 is 23.9 Å². The number of morpholine rings is 1. The van der Waals surface area contributed by atoms with Crippen LogP contribution >= 0.6 is 0 Å². The highest BCUT2D eigenvalue weighted by Gasteiger charge is 2.24. The molecule has 0 spiro atoms. The number of carbonyl (C=O) groups excluding carboxylic acids is 1. The van der Waals surface area contributed by atoms with Crippen LogP contribution in [0.5, 0.6) is 0 Å². The van der Waals surface area contributed by atoms with Gasteiger partial charge in [-0.15, -0.1) is 0 Å². The number of para-hydroxylation sites is 1. The van der Waals surface area contributed by atoms with E-state index in [1.165, 1.54) is 12.4 Å². The van der Waals surface area contributed by atoms with Gasteiger partial charge in [0.15, 0.2) is 22.8 Å². The first kappa shape index (κ1) is 27.2. The van der Waals surface area contributed by atoms with Crippen molar-refractivity contribution in [2.45, 2.75) is 6.54 Å². The van der Waals surface area contributed by atoms with Gasteiger partial charge in [0.05, 0.1) is 37.3 Å². The average molecular weight is 569 g/mol. The van der Waals surface area contributed by atoms with Gasteiger partial charge >= 0.3 is 5.97 Å². The molecule has 15 nitrogen and oxygen atoms in total. The molecular formula is C24H28N10O5S. The monoisotopic (exact) mass is 568 g/mol. The topological polar surface area (TPSA) is 184 Å². The molecule has 1 aromatic carbocycles. The lowest BCUT2D eigenvalue weighted by molar-refractivity contribution is 0.0502. The fourth-order valence-electron chi connectivity index (χ4n) is 4.29. The van der Waals surface area contributed by atoms with Gasteiger partial charge in [0.2, 0.25) is 16.0 Å². The predicted molar refractivity (Wildman–Crippen MR) is 147 cm³/mol. The second-order valence-electron chi connectivity index (χ2n) is 9.18. The molecule has 4 aromatic rings. The number of fused-ring (bicyclic) bond motifs is 1. The number of carbonyl (C=O) groups is 1. The van der Waals surface area contributed by atoms with Crippen LogP contribution in [-0.2, 0) is 33.2 Å². The van der Waals surface area contributed by atoms with E-state index in [1.807, 2.05) is 11.6 Å². The van der Waals surface area contributed by atoms with Crippen LogP contribution in [0.1, 0.15) is 16.2 Å². The summed E-state index contributed by atoms with van der Waals surface area (Å²) in [4.78, 5) is 42.7. The Morgan fingerprint density at radius 2 is 1.85 bits per heavy atom. The molecular weight excluding hydrogens is 540 g/mol. The molecule has 16 heteroatoms. The van der Waals surface area contributed by atoms with Crippen LogP contribution in [-0.4, -0.2) is 83.5 Å². The first-order valence-electron chi connectivity index (χ1n) is 12.2. The Hall–Kier alpha value is -4.41. The molecule has 1 fully saturated rings. The molecule has 4 heterocycles. The van der Waals surface area contributed by atoms with E-state index in [-0.39, 0.29) is 5.56 Å². The van der Waals surface area contributed by atoms with Gasteiger partial charge in [-0.2, -0.15) is 5.90 Å². The normalized spacial score (nSPS) is 13.8. The van der Waals surface area contributed by atoms with Crippen LogP contribution in [0.3, 0.4) is 0 Å². The van der Waals surface area contributed by atoms with Crippen LogP contribution in [0.2, 0.25) is 0 Å². The Bertz CT molecular complexity index is 1650. The molecule has 0 radical (unpaired) electrons. The molecule has 3 N–H and O–H groups in total. The standard InChI is InChI=1S/C24H28N10O5S/c1-32(24-26-12-15(13-27-24)23(35)39-25)14-18-28-19-21(33(18)2)29-20(30-22(19)34-8-10-38-11-9-34)16-6-4-5-7-17(16)31-40(3,36)37/h4-7,12-13,31H,8-11,14,25H2,1-3H3.